The van der Waals surface area contributed by atoms with E-state index >= 15 is 0 Å². The van der Waals surface area contributed by atoms with Crippen LogP contribution in [-0.2, 0) is 9.47 Å². The third kappa shape index (κ3) is 5.14. The molecule has 1 aliphatic rings. The number of likely N-dealkylation sites (tertiary alicyclic amines) is 1. The van der Waals surface area contributed by atoms with Crippen LogP contribution in [0.4, 0.5) is 4.79 Å². The lowest BCUT2D eigenvalue weighted by Gasteiger charge is -2.33. The number of nitrogens with zero attached hydrogens (tertiary/aromatic N) is 2. The summed E-state index contributed by atoms with van der Waals surface area (Å²) in [7, 11) is 1.27. The van der Waals surface area contributed by atoms with Gasteiger partial charge in [-0.15, -0.1) is 0 Å². The predicted octanol–water partition coefficient (Wildman–Crippen LogP) is 2.49. The molecule has 0 aliphatic carbocycles. The van der Waals surface area contributed by atoms with Crippen LogP contribution in [0.3, 0.4) is 0 Å². The molecule has 134 valence electrons. The first kappa shape index (κ1) is 18.1. The third-order valence-corrected chi connectivity index (χ3v) is 3.61. The van der Waals surface area contributed by atoms with E-state index in [-0.39, 0.29) is 17.7 Å². The number of amides is 1. The number of ether oxygens (including phenoxy) is 3. The van der Waals surface area contributed by atoms with Gasteiger partial charge in [0.1, 0.15) is 5.60 Å². The molecule has 8 nitrogen and oxygen atoms in total. The van der Waals surface area contributed by atoms with E-state index in [0.29, 0.717) is 25.6 Å². The average Bonchev–Trinajstić information content (AvgIpc) is 3.00. The molecular formula is C16H24N2O6. The topological polar surface area (TPSA) is 91.1 Å². The number of piperidine rings is 1. The van der Waals surface area contributed by atoms with Gasteiger partial charge in [-0.25, -0.2) is 9.59 Å². The van der Waals surface area contributed by atoms with E-state index < -0.39 is 11.6 Å². The van der Waals surface area contributed by atoms with Gasteiger partial charge in [-0.2, -0.15) is 0 Å². The molecule has 0 N–H and O–H groups in total. The average molecular weight is 340 g/mol. The molecule has 1 amide bonds. The van der Waals surface area contributed by atoms with E-state index in [2.05, 4.69) is 9.89 Å². The summed E-state index contributed by atoms with van der Waals surface area (Å²) in [6, 6.07) is 1.40. The number of aromatic nitrogens is 1. The highest BCUT2D eigenvalue weighted by molar-refractivity contribution is 5.86. The molecule has 2 heterocycles. The smallest absolute Gasteiger partial charge is 0.410 e. The van der Waals surface area contributed by atoms with Gasteiger partial charge in [-0.1, -0.05) is 0 Å². The second kappa shape index (κ2) is 7.55. The van der Waals surface area contributed by atoms with Crippen LogP contribution >= 0.6 is 0 Å². The fraction of sp³-hybridized carbons (Fsp3) is 0.688. The van der Waals surface area contributed by atoms with Crippen LogP contribution < -0.4 is 4.74 Å². The summed E-state index contributed by atoms with van der Waals surface area (Å²) in [5, 5.41) is 3.67. The van der Waals surface area contributed by atoms with Gasteiger partial charge in [-0.3, -0.25) is 0 Å². The first-order valence-corrected chi connectivity index (χ1v) is 7.94. The van der Waals surface area contributed by atoms with E-state index in [1.54, 1.807) is 4.90 Å². The van der Waals surface area contributed by atoms with Crippen molar-refractivity contribution in [1.82, 2.24) is 10.1 Å². The van der Waals surface area contributed by atoms with Crippen LogP contribution in [0.1, 0.15) is 44.2 Å². The normalized spacial score (nSPS) is 15.9. The lowest BCUT2D eigenvalue weighted by atomic mass is 9.98. The molecule has 0 aromatic carbocycles. The monoisotopic (exact) mass is 340 g/mol. The van der Waals surface area contributed by atoms with Crippen LogP contribution in [0.15, 0.2) is 10.6 Å². The number of carbonyl (C=O) groups excluding carboxylic acids is 2. The number of hydrogen-bond acceptors (Lipinski definition) is 7. The van der Waals surface area contributed by atoms with Crippen LogP contribution in [-0.4, -0.2) is 54.5 Å². The van der Waals surface area contributed by atoms with Crippen molar-refractivity contribution in [1.29, 1.82) is 0 Å². The molecule has 24 heavy (non-hydrogen) atoms. The highest BCUT2D eigenvalue weighted by Crippen LogP contribution is 2.21. The molecule has 1 aromatic heterocycles. The van der Waals surface area contributed by atoms with Crippen LogP contribution in [0.2, 0.25) is 0 Å². The van der Waals surface area contributed by atoms with Crippen molar-refractivity contribution < 1.29 is 28.3 Å². The summed E-state index contributed by atoms with van der Waals surface area (Å²) in [6.07, 6.45) is 1.36. The minimum absolute atomic E-state index is 0.00671. The number of hydrogen-bond donors (Lipinski definition) is 0. The van der Waals surface area contributed by atoms with Crippen LogP contribution in [0.5, 0.6) is 5.88 Å². The minimum atomic E-state index is -0.594. The van der Waals surface area contributed by atoms with Gasteiger partial charge in [0, 0.05) is 13.1 Å². The fourth-order valence-electron chi connectivity index (χ4n) is 2.34. The van der Waals surface area contributed by atoms with Gasteiger partial charge in [0.25, 0.3) is 5.88 Å². The maximum absolute atomic E-state index is 12.0. The Labute approximate surface area is 141 Å². The van der Waals surface area contributed by atoms with Crippen molar-refractivity contribution in [2.45, 2.75) is 39.2 Å². The zero-order chi connectivity index (χ0) is 17.7. The Bertz CT molecular complexity index is 569. The lowest BCUT2D eigenvalue weighted by Crippen LogP contribution is -2.42. The van der Waals surface area contributed by atoms with Crippen molar-refractivity contribution in [3.8, 4) is 5.88 Å². The number of carbonyl (C=O) groups is 2. The van der Waals surface area contributed by atoms with Gasteiger partial charge in [0.15, 0.2) is 0 Å². The highest BCUT2D eigenvalue weighted by Gasteiger charge is 2.27. The molecule has 0 radical (unpaired) electrons. The van der Waals surface area contributed by atoms with Crippen molar-refractivity contribution in [3.63, 3.8) is 0 Å². The maximum Gasteiger partial charge on any atom is 0.410 e. The second-order valence-corrected chi connectivity index (χ2v) is 6.74. The van der Waals surface area contributed by atoms with E-state index in [4.69, 9.17) is 14.0 Å². The zero-order valence-corrected chi connectivity index (χ0v) is 14.5. The van der Waals surface area contributed by atoms with E-state index in [1.807, 2.05) is 20.8 Å². The SMILES string of the molecule is COC(=O)c1cc(OCC2CCN(C(=O)OC(C)(C)C)CC2)no1. The molecule has 0 saturated carbocycles. The van der Waals surface area contributed by atoms with Crippen LogP contribution in [0.25, 0.3) is 0 Å². The third-order valence-electron chi connectivity index (χ3n) is 3.61. The summed E-state index contributed by atoms with van der Waals surface area (Å²) in [5.41, 5.74) is -0.485. The van der Waals surface area contributed by atoms with Crippen molar-refractivity contribution in [2.24, 2.45) is 5.92 Å². The van der Waals surface area contributed by atoms with Gasteiger partial charge >= 0.3 is 12.1 Å². The van der Waals surface area contributed by atoms with Gasteiger partial charge in [-0.05, 0) is 44.7 Å². The summed E-state index contributed by atoms with van der Waals surface area (Å²) in [6.45, 7) is 7.28. The van der Waals surface area contributed by atoms with E-state index in [9.17, 15) is 9.59 Å². The summed E-state index contributed by atoms with van der Waals surface area (Å²) in [4.78, 5) is 25.0. The Hall–Kier alpha value is -2.25. The van der Waals surface area contributed by atoms with Gasteiger partial charge in [0.2, 0.25) is 5.76 Å². The Morgan fingerprint density at radius 3 is 2.58 bits per heavy atom. The first-order valence-electron chi connectivity index (χ1n) is 7.94. The molecule has 8 heteroatoms. The molecule has 0 unspecified atom stereocenters. The Morgan fingerprint density at radius 1 is 1.33 bits per heavy atom. The zero-order valence-electron chi connectivity index (χ0n) is 14.5. The summed E-state index contributed by atoms with van der Waals surface area (Å²) < 4.78 is 20.3. The summed E-state index contributed by atoms with van der Waals surface area (Å²) in [5.74, 6) is -0.0257. The van der Waals surface area contributed by atoms with E-state index in [0.717, 1.165) is 12.8 Å². The standard InChI is InChI=1S/C16H24N2O6/c1-16(2,3)23-15(20)18-7-5-11(6-8-18)10-22-13-9-12(24-17-13)14(19)21-4/h9,11H,5-8,10H2,1-4H3. The maximum atomic E-state index is 12.0. The molecule has 1 aliphatic heterocycles. The second-order valence-electron chi connectivity index (χ2n) is 6.74. The number of methoxy groups -OCH3 is 1. The molecule has 0 atom stereocenters. The summed E-state index contributed by atoms with van der Waals surface area (Å²) >= 11 is 0. The Balaban J connectivity index is 1.74. The van der Waals surface area contributed by atoms with Crippen LogP contribution in [0, 0.1) is 5.92 Å². The number of esters is 1. The molecular weight excluding hydrogens is 316 g/mol. The molecule has 2 rings (SSSR count). The number of rotatable bonds is 4. The van der Waals surface area contributed by atoms with E-state index in [1.165, 1.54) is 13.2 Å². The largest absolute Gasteiger partial charge is 0.475 e. The minimum Gasteiger partial charge on any atom is -0.475 e. The first-order chi connectivity index (χ1) is 11.3. The predicted molar refractivity (Wildman–Crippen MR) is 83.9 cm³/mol. The van der Waals surface area contributed by atoms with Gasteiger partial charge in [0.05, 0.1) is 19.8 Å². The molecule has 0 bridgehead atoms. The van der Waals surface area contributed by atoms with Crippen molar-refractivity contribution >= 4 is 12.1 Å². The molecule has 1 saturated heterocycles. The van der Waals surface area contributed by atoms with Crippen molar-refractivity contribution in [3.05, 3.63) is 11.8 Å². The van der Waals surface area contributed by atoms with Crippen molar-refractivity contribution in [2.75, 3.05) is 26.8 Å². The molecule has 1 fully saturated rings. The van der Waals surface area contributed by atoms with Gasteiger partial charge < -0.3 is 23.6 Å². The molecule has 1 aromatic rings. The highest BCUT2D eigenvalue weighted by atomic mass is 16.6. The molecule has 0 spiro atoms. The Kier molecular flexibility index (Phi) is 5.69. The fourth-order valence-corrected chi connectivity index (χ4v) is 2.34. The Morgan fingerprint density at radius 2 is 2.00 bits per heavy atom. The lowest BCUT2D eigenvalue weighted by molar-refractivity contribution is 0.0163. The quantitative estimate of drug-likeness (QED) is 0.778.